The third kappa shape index (κ3) is 5.40. The monoisotopic (exact) mass is 579 g/mol. The van der Waals surface area contributed by atoms with E-state index in [-0.39, 0.29) is 34.2 Å². The fourth-order valence-corrected chi connectivity index (χ4v) is 19.2. The van der Waals surface area contributed by atoms with Crippen molar-refractivity contribution in [3.8, 4) is 0 Å². The van der Waals surface area contributed by atoms with Crippen LogP contribution >= 0.6 is 0 Å². The maximum Gasteiger partial charge on any atom is 0.333 e. The lowest BCUT2D eigenvalue weighted by Gasteiger charge is -2.52. The zero-order valence-corrected chi connectivity index (χ0v) is 27.3. The van der Waals surface area contributed by atoms with E-state index in [1.807, 2.05) is 0 Å². The number of anilines is 1. The van der Waals surface area contributed by atoms with Gasteiger partial charge in [0.25, 0.3) is 5.56 Å². The van der Waals surface area contributed by atoms with E-state index < -0.39 is 29.2 Å². The summed E-state index contributed by atoms with van der Waals surface area (Å²) in [6.07, 6.45) is -0.274. The van der Waals surface area contributed by atoms with Crippen molar-refractivity contribution in [2.24, 2.45) is 11.8 Å². The number of hydrogen-bond acceptors (Lipinski definition) is 8. The van der Waals surface area contributed by atoms with Crippen LogP contribution in [0.5, 0.6) is 0 Å². The van der Waals surface area contributed by atoms with Gasteiger partial charge in [-0.15, -0.1) is 0 Å². The Morgan fingerprint density at radius 1 is 1.08 bits per heavy atom. The van der Waals surface area contributed by atoms with E-state index in [1.165, 1.54) is 0 Å². The van der Waals surface area contributed by atoms with E-state index in [4.69, 9.17) is 13.3 Å². The number of nitrogens with zero attached hydrogens (tertiary/aromatic N) is 3. The topological polar surface area (TPSA) is 124 Å². The van der Waals surface area contributed by atoms with Crippen LogP contribution < -0.4 is 10.9 Å². The minimum absolute atomic E-state index is 0.157. The molecular formula is C27H49N5O5Si2. The molecule has 39 heavy (non-hydrogen) atoms. The molecule has 2 aromatic heterocycles. The second-order valence-corrected chi connectivity index (χ2v) is 22.6. The first-order chi connectivity index (χ1) is 18.2. The average molecular weight is 580 g/mol. The largest absolute Gasteiger partial charge is 0.435 e. The molecule has 0 aliphatic carbocycles. The molecule has 220 valence electrons. The number of nitrogens with one attached hydrogen (secondary N) is 2. The highest BCUT2D eigenvalue weighted by Crippen LogP contribution is 2.51. The van der Waals surface area contributed by atoms with Crippen molar-refractivity contribution in [1.29, 1.82) is 0 Å². The second kappa shape index (κ2) is 11.4. The summed E-state index contributed by atoms with van der Waals surface area (Å²) >= 11 is 0. The van der Waals surface area contributed by atoms with Gasteiger partial charge in [-0.05, 0) is 34.1 Å². The highest BCUT2D eigenvalue weighted by Gasteiger charge is 2.60. The molecule has 0 saturated carbocycles. The molecule has 0 aromatic carbocycles. The third-order valence-electron chi connectivity index (χ3n) is 8.85. The molecule has 2 unspecified atom stereocenters. The van der Waals surface area contributed by atoms with Gasteiger partial charge in [0.2, 0.25) is 5.95 Å². The number of aliphatic hydroxyl groups excluding tert-OH is 1. The Kier molecular flexibility index (Phi) is 8.85. The lowest BCUT2D eigenvalue weighted by atomic mass is 10.0. The van der Waals surface area contributed by atoms with Gasteiger partial charge in [0.15, 0.2) is 25.7 Å². The summed E-state index contributed by atoms with van der Waals surface area (Å²) in [5, 5.41) is 15.0. The minimum atomic E-state index is -2.61. The maximum absolute atomic E-state index is 12.8. The lowest BCUT2D eigenvalue weighted by molar-refractivity contribution is -0.0502. The number of fused-ring (bicyclic) bond motifs is 2. The number of aromatic amines is 1. The fourth-order valence-electron chi connectivity index (χ4n) is 6.49. The standard InChI is InChI=1S/C27H49N5O5Si2/c1-15(2)11-28-27-30-24-22(25(34)31-27)29-14-32(24)26-23(33)20-13-38(16(3)4,17(5)6)37-39(18(7)8,19(9)10)35-12-21(20)36-26/h14-21,23,26,33H,11-13H2,1-10H3,(H2,28,30,31,34)/t20?,21-,23-,26?/m1/s1. The number of rotatable bonds is 8. The first kappa shape index (κ1) is 30.4. The Hall–Kier alpha value is -1.58. The van der Waals surface area contributed by atoms with Crippen LogP contribution in [-0.2, 0) is 13.3 Å². The number of H-pyrrole nitrogens is 1. The Labute approximate surface area is 234 Å². The summed E-state index contributed by atoms with van der Waals surface area (Å²) in [5.41, 5.74) is 1.56. The van der Waals surface area contributed by atoms with Gasteiger partial charge in [0.1, 0.15) is 6.10 Å². The normalized spacial score (nSPS) is 27.1. The molecule has 4 atom stereocenters. The Morgan fingerprint density at radius 2 is 1.72 bits per heavy atom. The smallest absolute Gasteiger partial charge is 0.333 e. The van der Waals surface area contributed by atoms with Gasteiger partial charge in [-0.25, -0.2) is 4.98 Å². The third-order valence-corrected chi connectivity index (χ3v) is 20.5. The summed E-state index contributed by atoms with van der Waals surface area (Å²) in [4.78, 5) is 24.6. The quantitative estimate of drug-likeness (QED) is 0.368. The molecule has 4 rings (SSSR count). The molecule has 2 aliphatic heterocycles. The molecule has 0 amide bonds. The maximum atomic E-state index is 12.8. The number of aromatic nitrogens is 4. The number of hydrogen-bond donors (Lipinski definition) is 3. The van der Waals surface area contributed by atoms with Crippen LogP contribution in [-0.4, -0.2) is 66.9 Å². The molecule has 12 heteroatoms. The molecule has 0 radical (unpaired) electrons. The van der Waals surface area contributed by atoms with E-state index >= 15 is 0 Å². The summed E-state index contributed by atoms with van der Waals surface area (Å²) in [7, 11) is -5.04. The first-order valence-corrected chi connectivity index (χ1v) is 18.9. The minimum Gasteiger partial charge on any atom is -0.435 e. The Bertz CT molecular complexity index is 1180. The van der Waals surface area contributed by atoms with Gasteiger partial charge < -0.3 is 23.7 Å². The van der Waals surface area contributed by atoms with Crippen LogP contribution in [0.25, 0.3) is 11.2 Å². The van der Waals surface area contributed by atoms with Crippen LogP contribution in [0.2, 0.25) is 28.2 Å². The highest BCUT2D eigenvalue weighted by molar-refractivity contribution is 6.87. The number of ether oxygens (including phenoxy) is 1. The molecule has 2 fully saturated rings. The predicted molar refractivity (Wildman–Crippen MR) is 159 cm³/mol. The van der Waals surface area contributed by atoms with Gasteiger partial charge in [0, 0.05) is 12.5 Å². The first-order valence-electron chi connectivity index (χ1n) is 14.6. The van der Waals surface area contributed by atoms with Crippen molar-refractivity contribution in [3.63, 3.8) is 0 Å². The van der Waals surface area contributed by atoms with E-state index in [0.29, 0.717) is 41.7 Å². The van der Waals surface area contributed by atoms with Crippen molar-refractivity contribution in [2.75, 3.05) is 18.5 Å². The summed E-state index contributed by atoms with van der Waals surface area (Å²) in [6.45, 7) is 23.2. The Morgan fingerprint density at radius 3 is 2.28 bits per heavy atom. The van der Waals surface area contributed by atoms with Crippen LogP contribution in [0.3, 0.4) is 0 Å². The van der Waals surface area contributed by atoms with Gasteiger partial charge in [-0.2, -0.15) is 4.98 Å². The molecule has 0 spiro atoms. The van der Waals surface area contributed by atoms with Gasteiger partial charge in [-0.3, -0.25) is 14.3 Å². The fraction of sp³-hybridized carbons (Fsp3) is 0.815. The van der Waals surface area contributed by atoms with Gasteiger partial charge >= 0.3 is 8.56 Å². The highest BCUT2D eigenvalue weighted by atomic mass is 28.4. The van der Waals surface area contributed by atoms with Crippen LogP contribution in [0, 0.1) is 11.8 Å². The van der Waals surface area contributed by atoms with Crippen LogP contribution in [0.15, 0.2) is 11.1 Å². The molecule has 3 N–H and O–H groups in total. The zero-order valence-electron chi connectivity index (χ0n) is 25.3. The molecule has 2 aromatic rings. The predicted octanol–water partition coefficient (Wildman–Crippen LogP) is 5.14. The summed E-state index contributed by atoms with van der Waals surface area (Å²) in [5.74, 6) is 0.609. The summed E-state index contributed by atoms with van der Waals surface area (Å²) in [6, 6.07) is 0.796. The SMILES string of the molecule is CC(C)CNc1nc2c(ncn2C2O[C@@H]3CO[Si](C(C)C)(C(C)C)O[Si](C(C)C)(C(C)C)CC3[C@H]2O)c(=O)[nH]1. The van der Waals surface area contributed by atoms with Gasteiger partial charge in [-0.1, -0.05) is 69.2 Å². The van der Waals surface area contributed by atoms with Crippen molar-refractivity contribution in [3.05, 3.63) is 16.7 Å². The molecule has 4 heterocycles. The lowest BCUT2D eigenvalue weighted by Crippen LogP contribution is -2.63. The van der Waals surface area contributed by atoms with Crippen molar-refractivity contribution in [1.82, 2.24) is 19.5 Å². The average Bonchev–Trinajstić information content (AvgIpc) is 3.38. The molecule has 2 aliphatic rings. The molecule has 2 saturated heterocycles. The van der Waals surface area contributed by atoms with E-state index in [1.54, 1.807) is 10.9 Å². The zero-order chi connectivity index (χ0) is 28.9. The number of imidazole rings is 1. The Balaban J connectivity index is 1.75. The van der Waals surface area contributed by atoms with Crippen molar-refractivity contribution in [2.45, 2.75) is 116 Å². The van der Waals surface area contributed by atoms with E-state index in [0.717, 1.165) is 6.04 Å². The van der Waals surface area contributed by atoms with Crippen molar-refractivity contribution >= 4 is 34.0 Å². The van der Waals surface area contributed by atoms with Gasteiger partial charge in [0.05, 0.1) is 19.0 Å². The van der Waals surface area contributed by atoms with E-state index in [2.05, 4.69) is 89.5 Å². The molecular weight excluding hydrogens is 530 g/mol. The number of aliphatic hydroxyl groups is 1. The van der Waals surface area contributed by atoms with E-state index in [9.17, 15) is 9.90 Å². The van der Waals surface area contributed by atoms with Crippen LogP contribution in [0.4, 0.5) is 5.95 Å². The second-order valence-electron chi connectivity index (χ2n) is 13.1. The van der Waals surface area contributed by atoms with Crippen molar-refractivity contribution < 1.29 is 18.4 Å². The van der Waals surface area contributed by atoms with Crippen LogP contribution in [0.1, 0.15) is 75.5 Å². The summed E-state index contributed by atoms with van der Waals surface area (Å²) < 4.78 is 22.6. The molecule has 0 bridgehead atoms. The molecule has 10 nitrogen and oxygen atoms in total.